The first-order chi connectivity index (χ1) is 19.6. The van der Waals surface area contributed by atoms with Crippen LogP contribution in [0.4, 0.5) is 0 Å². The van der Waals surface area contributed by atoms with Gasteiger partial charge >= 0.3 is 5.97 Å². The van der Waals surface area contributed by atoms with Gasteiger partial charge in [0.15, 0.2) is 15.8 Å². The number of hydrogen-bond acceptors (Lipinski definition) is 11. The summed E-state index contributed by atoms with van der Waals surface area (Å²) >= 11 is 4.09. The Morgan fingerprint density at radius 2 is 1.88 bits per heavy atom. The molecule has 3 aromatic rings. The summed E-state index contributed by atoms with van der Waals surface area (Å²) < 4.78 is 0.698. The molecule has 1 fully saturated rings. The number of aromatic nitrogens is 2. The van der Waals surface area contributed by atoms with Gasteiger partial charge in [0, 0.05) is 17.1 Å². The Balaban J connectivity index is 1.32. The Labute approximate surface area is 245 Å². The predicted octanol–water partition coefficient (Wildman–Crippen LogP) is 2.26. The smallest absolute Gasteiger partial charge is 0.352 e. The average molecular weight is 614 g/mol. The largest absolute Gasteiger partial charge is 0.504 e. The number of rotatable bonds is 9. The second-order valence-electron chi connectivity index (χ2n) is 9.05. The van der Waals surface area contributed by atoms with E-state index < -0.39 is 52.6 Å². The van der Waals surface area contributed by atoms with E-state index in [1.807, 2.05) is 6.92 Å². The van der Waals surface area contributed by atoms with E-state index in [0.29, 0.717) is 27.0 Å². The molecular formula is C26H23N5O7S3. The van der Waals surface area contributed by atoms with E-state index >= 15 is 0 Å². The minimum atomic E-state index is -1.23. The Morgan fingerprint density at radius 3 is 2.54 bits per heavy atom. The quantitative estimate of drug-likeness (QED) is 0.136. The highest BCUT2D eigenvalue weighted by Crippen LogP contribution is 2.42. The van der Waals surface area contributed by atoms with E-state index in [2.05, 4.69) is 20.8 Å². The molecule has 3 amide bonds. The number of nitrogens with zero attached hydrogens (tertiary/aromatic N) is 3. The molecule has 3 atom stereocenters. The lowest BCUT2D eigenvalue weighted by Gasteiger charge is -2.49. The molecule has 0 bridgehead atoms. The van der Waals surface area contributed by atoms with Gasteiger partial charge in [0.25, 0.3) is 11.8 Å². The van der Waals surface area contributed by atoms with Gasteiger partial charge < -0.3 is 26.0 Å². The molecule has 0 radical (unpaired) electrons. The maximum atomic E-state index is 13.5. The lowest BCUT2D eigenvalue weighted by atomic mass is 10.0. The van der Waals surface area contributed by atoms with E-state index in [1.54, 1.807) is 30.3 Å². The monoisotopic (exact) mass is 613 g/mol. The minimum Gasteiger partial charge on any atom is -0.504 e. The van der Waals surface area contributed by atoms with E-state index in [9.17, 15) is 34.5 Å². The van der Waals surface area contributed by atoms with Gasteiger partial charge in [-0.2, -0.15) is 0 Å². The maximum absolute atomic E-state index is 13.5. The molecule has 0 aliphatic carbocycles. The van der Waals surface area contributed by atoms with Gasteiger partial charge in [0.2, 0.25) is 5.91 Å². The highest BCUT2D eigenvalue weighted by Gasteiger charge is 2.54. The van der Waals surface area contributed by atoms with Crippen molar-refractivity contribution in [1.29, 1.82) is 0 Å². The van der Waals surface area contributed by atoms with Gasteiger partial charge in [-0.3, -0.25) is 19.3 Å². The molecule has 2 aromatic carbocycles. The molecule has 212 valence electrons. The fraction of sp³-hybridized carbons (Fsp3) is 0.231. The van der Waals surface area contributed by atoms with Crippen molar-refractivity contribution in [2.24, 2.45) is 0 Å². The number of carboxylic acids is 1. The fourth-order valence-electron chi connectivity index (χ4n) is 4.34. The number of carbonyl (C=O) groups excluding carboxylic acids is 3. The first-order valence-corrected chi connectivity index (χ1v) is 15.0. The number of aryl methyl sites for hydroxylation is 1. The molecule has 1 saturated heterocycles. The van der Waals surface area contributed by atoms with Crippen molar-refractivity contribution in [2.45, 2.75) is 28.7 Å². The molecule has 15 heteroatoms. The summed E-state index contributed by atoms with van der Waals surface area (Å²) in [4.78, 5) is 52.9. The first kappa shape index (κ1) is 28.4. The fourth-order valence-corrected chi connectivity index (χ4v) is 7.64. The van der Waals surface area contributed by atoms with Crippen molar-refractivity contribution in [3.63, 3.8) is 0 Å². The molecule has 0 spiro atoms. The normalized spacial score (nSPS) is 18.8. The molecule has 5 N–H and O–H groups in total. The lowest BCUT2D eigenvalue weighted by molar-refractivity contribution is -0.151. The first-order valence-electron chi connectivity index (χ1n) is 12.1. The van der Waals surface area contributed by atoms with Crippen LogP contribution in [0.1, 0.15) is 27.0 Å². The number of hydrogen-bond donors (Lipinski definition) is 5. The highest BCUT2D eigenvalue weighted by atomic mass is 32.2. The molecule has 2 aliphatic heterocycles. The van der Waals surface area contributed by atoms with Crippen LogP contribution in [0.5, 0.6) is 11.5 Å². The van der Waals surface area contributed by atoms with E-state index in [1.165, 1.54) is 45.8 Å². The van der Waals surface area contributed by atoms with Gasteiger partial charge in [-0.15, -0.1) is 22.0 Å². The number of phenols is 2. The van der Waals surface area contributed by atoms with E-state index in [4.69, 9.17) is 0 Å². The summed E-state index contributed by atoms with van der Waals surface area (Å²) in [5.74, 6) is -3.38. The molecular weight excluding hydrogens is 591 g/mol. The third kappa shape index (κ3) is 5.87. The third-order valence-corrected chi connectivity index (χ3v) is 9.73. The van der Waals surface area contributed by atoms with E-state index in [0.717, 1.165) is 17.1 Å². The SMILES string of the molecule is Cc1nnc(SCC2=C(C(=O)O)N3C(=O)C(NC(=O)C(NC(=O)c4ccc(O)c(O)c4)c4ccccc4)[C@H]3SC2)s1. The Hall–Kier alpha value is -4.08. The maximum Gasteiger partial charge on any atom is 0.352 e. The van der Waals surface area contributed by atoms with Crippen LogP contribution in [-0.2, 0) is 14.4 Å². The van der Waals surface area contributed by atoms with Gasteiger partial charge in [-0.05, 0) is 36.3 Å². The number of phenolic OH excluding ortho intramolecular Hbond substituents is 2. The number of aliphatic carboxylic acids is 1. The van der Waals surface area contributed by atoms with Crippen molar-refractivity contribution in [3.05, 3.63) is 75.9 Å². The van der Waals surface area contributed by atoms with Crippen molar-refractivity contribution in [3.8, 4) is 11.5 Å². The number of fused-ring (bicyclic) bond motifs is 1. The Morgan fingerprint density at radius 1 is 1.12 bits per heavy atom. The topological polar surface area (TPSA) is 182 Å². The molecule has 12 nitrogen and oxygen atoms in total. The van der Waals surface area contributed by atoms with Crippen molar-refractivity contribution in [1.82, 2.24) is 25.7 Å². The molecule has 3 heterocycles. The number of amides is 3. The van der Waals surface area contributed by atoms with Crippen molar-refractivity contribution >= 4 is 58.6 Å². The number of β-lactam (4-membered cyclic amide) rings is 1. The Kier molecular flexibility index (Phi) is 8.19. The van der Waals surface area contributed by atoms with Crippen molar-refractivity contribution < 1.29 is 34.5 Å². The zero-order valence-electron chi connectivity index (χ0n) is 21.3. The van der Waals surface area contributed by atoms with Crippen molar-refractivity contribution in [2.75, 3.05) is 11.5 Å². The van der Waals surface area contributed by atoms with Crippen LogP contribution in [0.15, 0.2) is 64.1 Å². The number of aromatic hydroxyl groups is 2. The second kappa shape index (κ2) is 11.8. The van der Waals surface area contributed by atoms with Crippen LogP contribution in [0, 0.1) is 6.92 Å². The van der Waals surface area contributed by atoms with Crippen LogP contribution in [0.25, 0.3) is 0 Å². The van der Waals surface area contributed by atoms with Crippen LogP contribution >= 0.6 is 34.9 Å². The number of carboxylic acid groups (broad SMARTS) is 1. The average Bonchev–Trinajstić information content (AvgIpc) is 3.39. The molecule has 41 heavy (non-hydrogen) atoms. The molecule has 5 rings (SSSR count). The molecule has 1 aromatic heterocycles. The van der Waals surface area contributed by atoms with Gasteiger partial charge in [0.05, 0.1) is 0 Å². The summed E-state index contributed by atoms with van der Waals surface area (Å²) in [6.07, 6.45) is 0. The summed E-state index contributed by atoms with van der Waals surface area (Å²) in [7, 11) is 0. The van der Waals surface area contributed by atoms with Gasteiger partial charge in [-0.1, -0.05) is 53.4 Å². The molecule has 0 saturated carbocycles. The predicted molar refractivity (Wildman–Crippen MR) is 151 cm³/mol. The summed E-state index contributed by atoms with van der Waals surface area (Å²) in [6.45, 7) is 1.82. The number of thioether (sulfide) groups is 2. The van der Waals surface area contributed by atoms with Crippen LogP contribution in [0.3, 0.4) is 0 Å². The number of nitrogens with one attached hydrogen (secondary N) is 2. The van der Waals surface area contributed by atoms with Crippen LogP contribution < -0.4 is 10.6 Å². The summed E-state index contributed by atoms with van der Waals surface area (Å²) in [5.41, 5.74) is 0.922. The number of benzene rings is 2. The third-order valence-electron chi connectivity index (χ3n) is 6.33. The standard InChI is InChI=1S/C26H23N5O7S3/c1-12-29-30-26(41-12)40-11-15-10-39-24-19(23(36)31(24)20(15)25(37)38)28-22(35)18(13-5-3-2-4-6-13)27-21(34)14-7-8-16(32)17(33)9-14/h2-9,18-19,24,32-33H,10-11H2,1H3,(H,27,34)(H,28,35)(H,37,38)/t18?,19?,24-/m1/s1. The zero-order chi connectivity index (χ0) is 29.3. The van der Waals surface area contributed by atoms with E-state index in [-0.39, 0.29) is 11.3 Å². The highest BCUT2D eigenvalue weighted by molar-refractivity contribution is 8.01. The minimum absolute atomic E-state index is 0.00749. The zero-order valence-corrected chi connectivity index (χ0v) is 23.8. The molecule has 2 aliphatic rings. The Bertz CT molecular complexity index is 1560. The molecule has 2 unspecified atom stereocenters. The summed E-state index contributed by atoms with van der Waals surface area (Å²) in [6, 6.07) is 9.70. The second-order valence-corrected chi connectivity index (χ2v) is 12.6. The van der Waals surface area contributed by atoms with Crippen LogP contribution in [0.2, 0.25) is 0 Å². The number of carbonyl (C=O) groups is 4. The summed E-state index contributed by atoms with van der Waals surface area (Å²) in [5, 5.41) is 42.7. The van der Waals surface area contributed by atoms with Gasteiger partial charge in [0.1, 0.15) is 28.2 Å². The van der Waals surface area contributed by atoms with Gasteiger partial charge in [-0.25, -0.2) is 4.79 Å². The van der Waals surface area contributed by atoms with Crippen LogP contribution in [-0.4, -0.2) is 77.0 Å². The lowest BCUT2D eigenvalue weighted by Crippen LogP contribution is -2.71.